The predicted molar refractivity (Wildman–Crippen MR) is 391 cm³/mol. The van der Waals surface area contributed by atoms with Gasteiger partial charge >= 0.3 is 29.8 Å². The van der Waals surface area contributed by atoms with Gasteiger partial charge in [-0.1, -0.05) is 60.7 Å². The van der Waals surface area contributed by atoms with Gasteiger partial charge in [0.05, 0.1) is 58.7 Å². The van der Waals surface area contributed by atoms with Gasteiger partial charge in [0.2, 0.25) is 70.9 Å². The second-order valence-electron chi connectivity index (χ2n) is 26.2. The molecule has 43 nitrogen and oxygen atoms in total. The first-order valence-electron chi connectivity index (χ1n) is 35.7. The van der Waals surface area contributed by atoms with E-state index in [9.17, 15) is 107 Å². The Balaban J connectivity index is 0.0000325. The standard InChI is InChI=1S/C68H101N21O22.Lu/c69-67(70)75-23-11-19-42-59(104)77-33-50(90)79-48(31-54(94)95)65(110)85-46(29-40-13-3-1-4-14-40)63(108)83-44(61(106)81-42)17-7-9-21-73-52(92)35-88(38-57(100)101)27-25-87(37-56(98)99)26-28-89(39-58(102)103)36-53(93)74-22-10-8-18-45-62(107)82-43(20-12-24-76-68(71)72)60(105)78-34-51(91)80-49(32-55(96)97)66(111)86-47(64(109)84-45)30-41-15-5-2-6-16-41;/h1-6,13-16,42-49H,7-12,17-39H2,(H,73,92)(H,74,93)(H,77,104)(H,78,105)(H,79,90)(H,80,91)(H,81,106)(H,82,107)(H,83,108)(H,84,109)(H,85,110)(H,86,111)(H,94,95)(H,96,97)(H,98,99)(H,100,101)(H,102,103)(H4,69,70,75)(H4,71,72,76);/t42-,43-,44-,45-,46+,47+,48-,49-;/m0./s1/i;1+2. The molecule has 2 aliphatic heterocycles. The van der Waals surface area contributed by atoms with Crippen LogP contribution in [0.4, 0.5) is 0 Å². The molecule has 12 amide bonds. The average Bonchev–Trinajstić information content (AvgIpc) is 1.40. The third-order valence-corrected chi connectivity index (χ3v) is 17.0. The second kappa shape index (κ2) is 51.5. The fourth-order valence-corrected chi connectivity index (χ4v) is 11.5. The molecule has 0 spiro atoms. The molecule has 0 saturated carbocycles. The van der Waals surface area contributed by atoms with Crippen molar-refractivity contribution in [3.8, 4) is 0 Å². The van der Waals surface area contributed by atoms with Gasteiger partial charge in [0.25, 0.3) is 0 Å². The maximum Gasteiger partial charge on any atom is 0.317 e. The van der Waals surface area contributed by atoms with Crippen LogP contribution in [-0.2, 0) is 94.3 Å². The van der Waals surface area contributed by atoms with E-state index in [0.29, 0.717) is 11.1 Å². The van der Waals surface area contributed by atoms with E-state index in [2.05, 4.69) is 74.4 Å². The molecule has 2 saturated heterocycles. The van der Waals surface area contributed by atoms with E-state index in [1.54, 1.807) is 60.7 Å². The van der Waals surface area contributed by atoms with Gasteiger partial charge in [-0.15, -0.1) is 0 Å². The summed E-state index contributed by atoms with van der Waals surface area (Å²) in [6, 6.07) is 4.68. The third kappa shape index (κ3) is 39.6. The maximum atomic E-state index is 14.2. The molecule has 44 heteroatoms. The minimum absolute atomic E-state index is 0. The summed E-state index contributed by atoms with van der Waals surface area (Å²) in [4.78, 5) is 228. The molecule has 2 aromatic rings. The number of benzene rings is 2. The number of unbranched alkanes of at least 4 members (excludes halogenated alkanes) is 2. The zero-order chi connectivity index (χ0) is 82.0. The van der Waals surface area contributed by atoms with Crippen LogP contribution in [0.5, 0.6) is 0 Å². The van der Waals surface area contributed by atoms with Crippen molar-refractivity contribution in [2.75, 3.05) is 98.2 Å². The fraction of sp³-hybridized carbons (Fsp3) is 0.544. The number of nitrogens with zero attached hydrogens (tertiary/aromatic N) is 3. The van der Waals surface area contributed by atoms with Crippen LogP contribution < -0.4 is 85.9 Å². The Hall–Kier alpha value is -10.9. The van der Waals surface area contributed by atoms with Gasteiger partial charge in [-0.3, -0.25) is 107 Å². The number of amides is 12. The van der Waals surface area contributed by atoms with Crippen LogP contribution in [-0.4, -0.2) is 299 Å². The smallest absolute Gasteiger partial charge is 0.317 e. The normalized spacial score (nSPS) is 19.6. The number of carboxylic acid groups (broad SMARTS) is 5. The summed E-state index contributed by atoms with van der Waals surface area (Å²) < 4.78 is 0. The first-order chi connectivity index (χ1) is 52.7. The minimum Gasteiger partial charge on any atom is -0.481 e. The molecule has 2 aromatic carbocycles. The zero-order valence-corrected chi connectivity index (χ0v) is 63.0. The Kier molecular flexibility index (Phi) is 43.8. The maximum absolute atomic E-state index is 14.2. The molecule has 1 radical (unpaired) electrons. The van der Waals surface area contributed by atoms with Crippen molar-refractivity contribution in [2.24, 2.45) is 11.5 Å². The first kappa shape index (κ1) is 95.3. The number of aliphatic carboxylic acids is 5. The van der Waals surface area contributed by atoms with Gasteiger partial charge in [-0.25, -0.2) is 0 Å². The molecule has 0 unspecified atom stereocenters. The molecule has 8 atom stereocenters. The Bertz CT molecular complexity index is 3370. The van der Waals surface area contributed by atoms with Crippen molar-refractivity contribution < 1.29 is 144 Å². The van der Waals surface area contributed by atoms with Crippen LogP contribution in [0.3, 0.4) is 0 Å². The first-order valence-corrected chi connectivity index (χ1v) is 35.7. The third-order valence-electron chi connectivity index (χ3n) is 17.0. The number of carboxylic acids is 5. The van der Waals surface area contributed by atoms with Gasteiger partial charge in [-0.05, 0) is 75.3 Å². The molecule has 2 heterocycles. The summed E-state index contributed by atoms with van der Waals surface area (Å²) in [5.74, 6) is -18.6. The molecule has 0 aromatic heterocycles. The van der Waals surface area contributed by atoms with Crippen molar-refractivity contribution >= 4 is 113 Å². The van der Waals surface area contributed by atoms with Crippen molar-refractivity contribution in [2.45, 2.75) is 138 Å². The number of nitrogens with one attached hydrogen (secondary N) is 16. The summed E-state index contributed by atoms with van der Waals surface area (Å²) >= 11 is 0. The summed E-state index contributed by atoms with van der Waals surface area (Å²) in [6.45, 7) is -5.49. The fourth-order valence-electron chi connectivity index (χ4n) is 11.5. The van der Waals surface area contributed by atoms with Crippen LogP contribution in [0, 0.1) is 47.7 Å². The number of carbonyl (C=O) groups excluding carboxylic acids is 12. The quantitative estimate of drug-likeness (QED) is 0.0167. The van der Waals surface area contributed by atoms with E-state index < -0.39 is 208 Å². The summed E-state index contributed by atoms with van der Waals surface area (Å²) in [5, 5.41) is 98.8. The number of carbonyl (C=O) groups is 17. The molecular weight excluding hydrogens is 1640 g/mol. The van der Waals surface area contributed by atoms with E-state index in [-0.39, 0.29) is 178 Å². The minimum atomic E-state index is -1.72. The van der Waals surface area contributed by atoms with Crippen LogP contribution in [0.25, 0.3) is 0 Å². The van der Waals surface area contributed by atoms with Crippen LogP contribution in [0.1, 0.15) is 88.2 Å². The molecular formula is C68H101LuN21O22. The molecule has 2 fully saturated rings. The zero-order valence-electron chi connectivity index (χ0n) is 61.3. The van der Waals surface area contributed by atoms with Gasteiger partial charge < -0.3 is 111 Å². The van der Waals surface area contributed by atoms with E-state index in [1.807, 2.05) is 0 Å². The Morgan fingerprint density at radius 2 is 0.643 bits per heavy atom. The van der Waals surface area contributed by atoms with Gasteiger partial charge in [0.15, 0.2) is 11.9 Å². The van der Waals surface area contributed by atoms with Crippen LogP contribution >= 0.6 is 0 Å². The van der Waals surface area contributed by atoms with Crippen molar-refractivity contribution in [1.29, 1.82) is 10.8 Å². The number of rotatable bonds is 42. The van der Waals surface area contributed by atoms with E-state index in [1.165, 1.54) is 14.7 Å². The number of hydrogen-bond acceptors (Lipinski definition) is 22. The topological polar surface area (TPSA) is 669 Å². The number of guanidine groups is 2. The predicted octanol–water partition coefficient (Wildman–Crippen LogP) is -8.18. The van der Waals surface area contributed by atoms with Gasteiger partial charge in [0.1, 0.15) is 48.3 Å². The van der Waals surface area contributed by atoms with E-state index in [0.717, 1.165) is 0 Å². The molecule has 0 aliphatic carbocycles. The number of hydrogen-bond donors (Lipinski definition) is 23. The van der Waals surface area contributed by atoms with Crippen LogP contribution in [0.2, 0.25) is 0 Å². The summed E-state index contributed by atoms with van der Waals surface area (Å²) in [6.07, 6.45) is -1.93. The van der Waals surface area contributed by atoms with Crippen molar-refractivity contribution in [3.05, 3.63) is 71.8 Å². The van der Waals surface area contributed by atoms with Crippen molar-refractivity contribution in [1.82, 2.24) is 89.1 Å². The largest absolute Gasteiger partial charge is 0.481 e. The van der Waals surface area contributed by atoms with Crippen LogP contribution in [0.15, 0.2) is 60.7 Å². The van der Waals surface area contributed by atoms with Gasteiger partial charge in [0, 0.05) is 102 Å². The summed E-state index contributed by atoms with van der Waals surface area (Å²) in [7, 11) is 0. The Morgan fingerprint density at radius 1 is 0.357 bits per heavy atom. The second-order valence-corrected chi connectivity index (χ2v) is 26.2. The molecule has 25 N–H and O–H groups in total. The van der Waals surface area contributed by atoms with Gasteiger partial charge in [-0.2, -0.15) is 0 Å². The SMILES string of the molecule is N=C(N)NCCC[C@@H]1NC(=O)[C@H](CCCCNC(=O)CN(CCN(CCN(CC(=O)O)CC(=O)NCCCC[C@@H]2NC(=O)[C@@H](Cc3ccccc3)NC(=O)[C@H](CC(=O)O)NC(=O)CNC(=O)[C@H](CCCNC(=N)N)NC2=O)CC(=O)O)CC(=O)O)NC(=O)[C@@H](Cc2ccccc2)NC(=O)[C@H](CC(=O)O)NC(=O)CNC1=O.[177Lu]. The molecule has 625 valence electrons. The number of nitrogens with two attached hydrogens (primary N) is 2. The summed E-state index contributed by atoms with van der Waals surface area (Å²) in [5.41, 5.74) is 11.9. The van der Waals surface area contributed by atoms with E-state index in [4.69, 9.17) is 22.3 Å². The molecule has 4 rings (SSSR count). The molecule has 112 heavy (non-hydrogen) atoms. The Labute approximate surface area is 672 Å². The van der Waals surface area contributed by atoms with Crippen molar-refractivity contribution in [3.63, 3.8) is 0 Å². The average molecular weight is 1740 g/mol. The molecule has 2 aliphatic rings. The Morgan fingerprint density at radius 3 is 0.973 bits per heavy atom. The van der Waals surface area contributed by atoms with E-state index >= 15 is 0 Å². The molecule has 0 bridgehead atoms. The monoisotopic (exact) mass is 1740 g/mol.